The lowest BCUT2D eigenvalue weighted by Crippen LogP contribution is -2.47. The summed E-state index contributed by atoms with van der Waals surface area (Å²) < 4.78 is 34.8. The number of aromatic nitrogens is 1. The first kappa shape index (κ1) is 14.1. The number of sulfone groups is 1. The van der Waals surface area contributed by atoms with Crippen molar-refractivity contribution in [3.63, 3.8) is 0 Å². The summed E-state index contributed by atoms with van der Waals surface area (Å²) in [5, 5.41) is 0.408. The zero-order chi connectivity index (χ0) is 14.5. The maximum atomic E-state index is 12.6. The molecule has 0 amide bonds. The van der Waals surface area contributed by atoms with Crippen molar-refractivity contribution in [1.82, 2.24) is 4.37 Å². The van der Waals surface area contributed by atoms with E-state index in [1.807, 2.05) is 13.8 Å². The first-order valence-electron chi connectivity index (χ1n) is 6.78. The van der Waals surface area contributed by atoms with Crippen molar-refractivity contribution < 1.29 is 13.2 Å². The summed E-state index contributed by atoms with van der Waals surface area (Å²) in [6.45, 7) is 5.26. The van der Waals surface area contributed by atoms with Crippen LogP contribution in [0.5, 0.6) is 0 Å². The van der Waals surface area contributed by atoms with Crippen LogP contribution in [0.3, 0.4) is 0 Å². The van der Waals surface area contributed by atoms with E-state index in [9.17, 15) is 8.42 Å². The van der Waals surface area contributed by atoms with Crippen LogP contribution in [0.25, 0.3) is 0 Å². The molecule has 0 aromatic carbocycles. The SMILES string of the molecule is CC1CN(c2snc(N)c2S(=O)(=O)C2CC2)C(C)CO1. The normalized spacial score (nSPS) is 27.8. The van der Waals surface area contributed by atoms with Gasteiger partial charge in [0.2, 0.25) is 0 Å². The molecular weight excluding hydrogens is 298 g/mol. The minimum atomic E-state index is -3.33. The molecule has 0 spiro atoms. The van der Waals surface area contributed by atoms with Crippen molar-refractivity contribution in [3.05, 3.63) is 0 Å². The molecule has 2 heterocycles. The quantitative estimate of drug-likeness (QED) is 0.904. The van der Waals surface area contributed by atoms with Crippen molar-refractivity contribution in [2.24, 2.45) is 0 Å². The van der Waals surface area contributed by atoms with E-state index in [0.29, 0.717) is 18.2 Å². The van der Waals surface area contributed by atoms with Crippen LogP contribution in [0.4, 0.5) is 10.8 Å². The van der Waals surface area contributed by atoms with Gasteiger partial charge in [0.25, 0.3) is 0 Å². The molecule has 6 nitrogen and oxygen atoms in total. The Morgan fingerprint density at radius 3 is 2.75 bits per heavy atom. The molecule has 112 valence electrons. The van der Waals surface area contributed by atoms with E-state index < -0.39 is 9.84 Å². The third kappa shape index (κ3) is 2.29. The molecule has 0 radical (unpaired) electrons. The average molecular weight is 317 g/mol. The zero-order valence-corrected chi connectivity index (χ0v) is 13.2. The second-order valence-electron chi connectivity index (χ2n) is 5.59. The highest BCUT2D eigenvalue weighted by Crippen LogP contribution is 2.43. The molecule has 2 unspecified atom stereocenters. The van der Waals surface area contributed by atoms with E-state index in [2.05, 4.69) is 9.27 Å². The molecule has 3 rings (SSSR count). The van der Waals surface area contributed by atoms with E-state index in [1.54, 1.807) is 0 Å². The van der Waals surface area contributed by atoms with E-state index in [-0.39, 0.29) is 28.1 Å². The number of hydrogen-bond acceptors (Lipinski definition) is 7. The molecule has 1 saturated carbocycles. The molecule has 2 aliphatic rings. The molecule has 1 aromatic rings. The third-order valence-electron chi connectivity index (χ3n) is 3.77. The van der Waals surface area contributed by atoms with Crippen molar-refractivity contribution in [2.45, 2.75) is 49.0 Å². The first-order chi connectivity index (χ1) is 9.41. The van der Waals surface area contributed by atoms with Crippen molar-refractivity contribution in [3.8, 4) is 0 Å². The van der Waals surface area contributed by atoms with Crippen LogP contribution in [0, 0.1) is 0 Å². The van der Waals surface area contributed by atoms with Gasteiger partial charge in [0.15, 0.2) is 15.7 Å². The number of morpholine rings is 1. The van der Waals surface area contributed by atoms with Crippen LogP contribution in [0.1, 0.15) is 26.7 Å². The van der Waals surface area contributed by atoms with E-state index in [1.165, 1.54) is 11.5 Å². The smallest absolute Gasteiger partial charge is 0.187 e. The Kier molecular flexibility index (Phi) is 3.42. The predicted molar refractivity (Wildman–Crippen MR) is 79.0 cm³/mol. The number of nitrogen functional groups attached to an aromatic ring is 1. The van der Waals surface area contributed by atoms with Gasteiger partial charge in [-0.05, 0) is 38.2 Å². The molecule has 0 bridgehead atoms. The maximum absolute atomic E-state index is 12.6. The van der Waals surface area contributed by atoms with Gasteiger partial charge >= 0.3 is 0 Å². The van der Waals surface area contributed by atoms with Gasteiger partial charge in [-0.3, -0.25) is 0 Å². The van der Waals surface area contributed by atoms with E-state index in [4.69, 9.17) is 10.5 Å². The molecule has 1 saturated heterocycles. The molecular formula is C12H19N3O3S2. The van der Waals surface area contributed by atoms with Gasteiger partial charge in [-0.25, -0.2) is 8.42 Å². The lowest BCUT2D eigenvalue weighted by molar-refractivity contribution is 0.0345. The molecule has 1 aliphatic heterocycles. The van der Waals surface area contributed by atoms with Gasteiger partial charge in [-0.1, -0.05) is 0 Å². The molecule has 2 N–H and O–H groups in total. The molecule has 8 heteroatoms. The summed E-state index contributed by atoms with van der Waals surface area (Å²) in [6, 6.07) is 0.124. The van der Waals surface area contributed by atoms with Gasteiger partial charge in [-0.15, -0.1) is 0 Å². The largest absolute Gasteiger partial charge is 0.382 e. The Balaban J connectivity index is 2.02. The Hall–Kier alpha value is -0.860. The molecule has 1 aromatic heterocycles. The first-order valence-corrected chi connectivity index (χ1v) is 9.10. The van der Waals surface area contributed by atoms with Gasteiger partial charge in [-0.2, -0.15) is 4.37 Å². The monoisotopic (exact) mass is 317 g/mol. The lowest BCUT2D eigenvalue weighted by Gasteiger charge is -2.37. The number of rotatable bonds is 3. The highest BCUT2D eigenvalue weighted by Gasteiger charge is 2.42. The average Bonchev–Trinajstić information content (AvgIpc) is 3.16. The van der Waals surface area contributed by atoms with E-state index in [0.717, 1.165) is 12.8 Å². The highest BCUT2D eigenvalue weighted by atomic mass is 32.2. The topological polar surface area (TPSA) is 85.5 Å². The van der Waals surface area contributed by atoms with Crippen molar-refractivity contribution in [1.29, 1.82) is 0 Å². The number of nitrogens with zero attached hydrogens (tertiary/aromatic N) is 2. The summed E-state index contributed by atoms with van der Waals surface area (Å²) >= 11 is 1.18. The van der Waals surface area contributed by atoms with Crippen LogP contribution in [0.2, 0.25) is 0 Å². The maximum Gasteiger partial charge on any atom is 0.187 e. The summed E-state index contributed by atoms with van der Waals surface area (Å²) in [5.74, 6) is 0.142. The van der Waals surface area contributed by atoms with Crippen molar-refractivity contribution in [2.75, 3.05) is 23.8 Å². The molecule has 1 aliphatic carbocycles. The predicted octanol–water partition coefficient (Wildman–Crippen LogP) is 1.28. The van der Waals surface area contributed by atoms with Gasteiger partial charge in [0.1, 0.15) is 9.90 Å². The van der Waals surface area contributed by atoms with E-state index >= 15 is 0 Å². The minimum Gasteiger partial charge on any atom is -0.382 e. The molecule has 2 fully saturated rings. The molecule has 2 atom stereocenters. The standard InChI is InChI=1S/C12H19N3O3S2/c1-7-6-18-8(2)5-15(7)12-10(11(13)14-19-12)20(16,17)9-3-4-9/h7-9H,3-6H2,1-2H3,(H2,13,14). The van der Waals surface area contributed by atoms with Crippen molar-refractivity contribution >= 4 is 32.2 Å². The van der Waals surface area contributed by atoms with Crippen LogP contribution in [-0.4, -0.2) is 43.3 Å². The van der Waals surface area contributed by atoms with Gasteiger partial charge < -0.3 is 15.4 Å². The summed E-state index contributed by atoms with van der Waals surface area (Å²) in [6.07, 6.45) is 1.53. The minimum absolute atomic E-state index is 0.0750. The van der Waals surface area contributed by atoms with Gasteiger partial charge in [0, 0.05) is 6.54 Å². The summed E-state index contributed by atoms with van der Waals surface area (Å²) in [7, 11) is -3.33. The van der Waals surface area contributed by atoms with Crippen LogP contribution < -0.4 is 10.6 Å². The second kappa shape index (κ2) is 4.85. The fraction of sp³-hybridized carbons (Fsp3) is 0.750. The number of nitrogens with two attached hydrogens (primary N) is 1. The fourth-order valence-electron chi connectivity index (χ4n) is 2.47. The Morgan fingerprint density at radius 1 is 1.40 bits per heavy atom. The highest BCUT2D eigenvalue weighted by molar-refractivity contribution is 7.92. The Labute approximate surface area is 123 Å². The number of hydrogen-bond donors (Lipinski definition) is 1. The number of ether oxygens (including phenoxy) is 1. The van der Waals surface area contributed by atoms with Crippen LogP contribution in [0.15, 0.2) is 4.90 Å². The van der Waals surface area contributed by atoms with Gasteiger partial charge in [0.05, 0.1) is 24.0 Å². The third-order valence-corrected chi connectivity index (χ3v) is 7.12. The van der Waals surface area contributed by atoms with Crippen LogP contribution in [-0.2, 0) is 14.6 Å². The Morgan fingerprint density at radius 2 is 2.10 bits per heavy atom. The summed E-state index contributed by atoms with van der Waals surface area (Å²) in [5.41, 5.74) is 5.84. The zero-order valence-electron chi connectivity index (χ0n) is 11.6. The second-order valence-corrected chi connectivity index (χ2v) is 8.51. The lowest BCUT2D eigenvalue weighted by atomic mass is 10.2. The fourth-order valence-corrected chi connectivity index (χ4v) is 5.60. The van der Waals surface area contributed by atoms with Crippen LogP contribution >= 0.6 is 11.5 Å². The Bertz CT molecular complexity index is 609. The number of anilines is 2. The molecule has 20 heavy (non-hydrogen) atoms. The summed E-state index contributed by atoms with van der Waals surface area (Å²) in [4.78, 5) is 2.31.